The van der Waals surface area contributed by atoms with Gasteiger partial charge in [-0.15, -0.1) is 0 Å². The second kappa shape index (κ2) is 2.87. The number of primary amides is 1. The van der Waals surface area contributed by atoms with E-state index in [0.29, 0.717) is 11.5 Å². The topological polar surface area (TPSA) is 43.1 Å². The molecule has 0 unspecified atom stereocenters. The van der Waals surface area contributed by atoms with E-state index in [2.05, 4.69) is 6.92 Å². The Kier molecular flexibility index (Phi) is 1.83. The summed E-state index contributed by atoms with van der Waals surface area (Å²) in [7, 11) is 0. The minimum Gasteiger partial charge on any atom is -0.366 e. The number of aryl methyl sites for hydroxylation is 1. The lowest BCUT2D eigenvalue weighted by Crippen LogP contribution is -2.11. The fraction of sp³-hybridized carbons (Fsp3) is 0.364. The van der Waals surface area contributed by atoms with E-state index in [1.54, 1.807) is 0 Å². The van der Waals surface area contributed by atoms with E-state index in [-0.39, 0.29) is 5.91 Å². The lowest BCUT2D eigenvalue weighted by Gasteiger charge is -2.04. The number of amides is 1. The van der Waals surface area contributed by atoms with Crippen LogP contribution in [0.2, 0.25) is 0 Å². The van der Waals surface area contributed by atoms with Gasteiger partial charge >= 0.3 is 0 Å². The summed E-state index contributed by atoms with van der Waals surface area (Å²) >= 11 is 0. The van der Waals surface area contributed by atoms with Crippen molar-refractivity contribution in [1.29, 1.82) is 0 Å². The van der Waals surface area contributed by atoms with Gasteiger partial charge in [-0.3, -0.25) is 4.79 Å². The molecule has 0 radical (unpaired) electrons. The van der Waals surface area contributed by atoms with E-state index in [1.807, 2.05) is 18.2 Å². The number of carbonyl (C=O) groups excluding carboxylic acids is 1. The largest absolute Gasteiger partial charge is 0.366 e. The summed E-state index contributed by atoms with van der Waals surface area (Å²) in [6.07, 6.45) is 2.27. The molecule has 1 atom stereocenters. The third-order valence-corrected chi connectivity index (χ3v) is 2.81. The fourth-order valence-corrected chi connectivity index (χ4v) is 1.98. The van der Waals surface area contributed by atoms with E-state index in [9.17, 15) is 4.79 Å². The first-order valence-electron chi connectivity index (χ1n) is 4.61. The van der Waals surface area contributed by atoms with Crippen LogP contribution in [0.25, 0.3) is 0 Å². The summed E-state index contributed by atoms with van der Waals surface area (Å²) < 4.78 is 0. The highest BCUT2D eigenvalue weighted by Crippen LogP contribution is 2.32. The molecular weight excluding hydrogens is 162 g/mol. The van der Waals surface area contributed by atoms with Gasteiger partial charge in [-0.05, 0) is 42.0 Å². The second-order valence-electron chi connectivity index (χ2n) is 3.72. The van der Waals surface area contributed by atoms with E-state index >= 15 is 0 Å². The van der Waals surface area contributed by atoms with Crippen molar-refractivity contribution >= 4 is 5.91 Å². The normalized spacial score (nSPS) is 19.9. The number of hydrogen-bond donors (Lipinski definition) is 1. The molecule has 2 heteroatoms. The minimum absolute atomic E-state index is 0.331. The van der Waals surface area contributed by atoms with Crippen molar-refractivity contribution in [3.8, 4) is 0 Å². The zero-order valence-electron chi connectivity index (χ0n) is 7.71. The molecule has 0 bridgehead atoms. The number of hydrogen-bond acceptors (Lipinski definition) is 1. The van der Waals surface area contributed by atoms with Crippen LogP contribution < -0.4 is 5.73 Å². The molecule has 0 aromatic heterocycles. The first-order valence-corrected chi connectivity index (χ1v) is 4.61. The van der Waals surface area contributed by atoms with Crippen LogP contribution >= 0.6 is 0 Å². The molecule has 1 aliphatic rings. The second-order valence-corrected chi connectivity index (χ2v) is 3.72. The smallest absolute Gasteiger partial charge is 0.248 e. The van der Waals surface area contributed by atoms with Gasteiger partial charge in [0.2, 0.25) is 5.91 Å². The minimum atomic E-state index is -0.331. The average Bonchev–Trinajstić information content (AvgIpc) is 2.47. The molecule has 0 fully saturated rings. The van der Waals surface area contributed by atoms with Crippen LogP contribution in [-0.2, 0) is 6.42 Å². The highest BCUT2D eigenvalue weighted by atomic mass is 16.1. The van der Waals surface area contributed by atoms with Crippen molar-refractivity contribution in [3.05, 3.63) is 34.9 Å². The monoisotopic (exact) mass is 175 g/mol. The van der Waals surface area contributed by atoms with Crippen molar-refractivity contribution in [1.82, 2.24) is 0 Å². The Balaban J connectivity index is 2.45. The Bertz CT molecular complexity index is 357. The molecule has 1 aromatic rings. The predicted octanol–water partition coefficient (Wildman–Crippen LogP) is 1.84. The van der Waals surface area contributed by atoms with Crippen LogP contribution in [-0.4, -0.2) is 5.91 Å². The summed E-state index contributed by atoms with van der Waals surface area (Å²) in [6, 6.07) is 5.79. The number of carbonyl (C=O) groups is 1. The predicted molar refractivity (Wildman–Crippen MR) is 51.7 cm³/mol. The molecule has 1 aliphatic carbocycles. The Labute approximate surface area is 77.8 Å². The molecule has 0 saturated heterocycles. The van der Waals surface area contributed by atoms with E-state index < -0.39 is 0 Å². The standard InChI is InChI=1S/C11H13NO/c1-7-2-3-8-6-9(11(12)13)4-5-10(7)8/h4-7H,2-3H2,1H3,(H2,12,13)/t7-/m0/s1. The summed E-state index contributed by atoms with van der Waals surface area (Å²) in [5.41, 5.74) is 8.51. The lowest BCUT2D eigenvalue weighted by atomic mass is 10.0. The molecular formula is C11H13NO. The van der Waals surface area contributed by atoms with Gasteiger partial charge in [0.25, 0.3) is 0 Å². The molecule has 2 rings (SSSR count). The Morgan fingerprint density at radius 2 is 2.31 bits per heavy atom. The van der Waals surface area contributed by atoms with Crippen molar-refractivity contribution in [2.75, 3.05) is 0 Å². The highest BCUT2D eigenvalue weighted by Gasteiger charge is 2.18. The SMILES string of the molecule is C[C@H]1CCc2cc(C(N)=O)ccc21. The van der Waals surface area contributed by atoms with E-state index in [4.69, 9.17) is 5.73 Å². The van der Waals surface area contributed by atoms with Gasteiger partial charge < -0.3 is 5.73 Å². The lowest BCUT2D eigenvalue weighted by molar-refractivity contribution is 0.1000. The number of fused-ring (bicyclic) bond motifs is 1. The van der Waals surface area contributed by atoms with Crippen molar-refractivity contribution in [2.45, 2.75) is 25.7 Å². The Morgan fingerprint density at radius 1 is 1.54 bits per heavy atom. The number of nitrogens with two attached hydrogens (primary N) is 1. The van der Waals surface area contributed by atoms with Crippen LogP contribution in [0.4, 0.5) is 0 Å². The maximum absolute atomic E-state index is 10.9. The average molecular weight is 175 g/mol. The van der Waals surface area contributed by atoms with Crippen molar-refractivity contribution in [2.24, 2.45) is 5.73 Å². The van der Waals surface area contributed by atoms with Gasteiger partial charge in [0, 0.05) is 5.56 Å². The zero-order chi connectivity index (χ0) is 9.42. The third-order valence-electron chi connectivity index (χ3n) is 2.81. The molecule has 2 N–H and O–H groups in total. The first-order chi connectivity index (χ1) is 6.18. The molecule has 68 valence electrons. The summed E-state index contributed by atoms with van der Waals surface area (Å²) in [4.78, 5) is 10.9. The van der Waals surface area contributed by atoms with Gasteiger partial charge in [0.1, 0.15) is 0 Å². The van der Waals surface area contributed by atoms with Crippen LogP contribution in [0.5, 0.6) is 0 Å². The fourth-order valence-electron chi connectivity index (χ4n) is 1.98. The molecule has 1 aromatic carbocycles. The molecule has 0 aliphatic heterocycles. The van der Waals surface area contributed by atoms with Gasteiger partial charge in [-0.25, -0.2) is 0 Å². The van der Waals surface area contributed by atoms with Crippen LogP contribution in [0, 0.1) is 0 Å². The van der Waals surface area contributed by atoms with Gasteiger partial charge in [0.15, 0.2) is 0 Å². The molecule has 13 heavy (non-hydrogen) atoms. The van der Waals surface area contributed by atoms with Crippen LogP contribution in [0.3, 0.4) is 0 Å². The van der Waals surface area contributed by atoms with E-state index in [1.165, 1.54) is 17.5 Å². The maximum atomic E-state index is 10.9. The van der Waals surface area contributed by atoms with Gasteiger partial charge in [0.05, 0.1) is 0 Å². The van der Waals surface area contributed by atoms with E-state index in [0.717, 1.165) is 6.42 Å². The Hall–Kier alpha value is -1.31. The summed E-state index contributed by atoms with van der Waals surface area (Å²) in [5, 5.41) is 0. The van der Waals surface area contributed by atoms with Gasteiger partial charge in [-0.2, -0.15) is 0 Å². The zero-order valence-corrected chi connectivity index (χ0v) is 7.71. The summed E-state index contributed by atoms with van der Waals surface area (Å²) in [5.74, 6) is 0.305. The molecule has 1 amide bonds. The third kappa shape index (κ3) is 1.32. The van der Waals surface area contributed by atoms with Crippen molar-refractivity contribution in [3.63, 3.8) is 0 Å². The summed E-state index contributed by atoms with van der Waals surface area (Å²) in [6.45, 7) is 2.22. The highest BCUT2D eigenvalue weighted by molar-refractivity contribution is 5.93. The molecule has 0 spiro atoms. The van der Waals surface area contributed by atoms with Crippen molar-refractivity contribution < 1.29 is 4.79 Å². The van der Waals surface area contributed by atoms with Gasteiger partial charge in [-0.1, -0.05) is 13.0 Å². The number of rotatable bonds is 1. The maximum Gasteiger partial charge on any atom is 0.248 e. The molecule has 2 nitrogen and oxygen atoms in total. The first kappa shape index (κ1) is 8.30. The Morgan fingerprint density at radius 3 is 3.00 bits per heavy atom. The quantitative estimate of drug-likeness (QED) is 0.695. The molecule has 0 saturated carbocycles. The van der Waals surface area contributed by atoms with Crippen LogP contribution in [0.15, 0.2) is 18.2 Å². The molecule has 0 heterocycles. The number of benzene rings is 1. The van der Waals surface area contributed by atoms with Crippen LogP contribution in [0.1, 0.15) is 40.7 Å².